The van der Waals surface area contributed by atoms with Crippen LogP contribution in [0.5, 0.6) is 0 Å². The number of fused-ring (bicyclic) bond motifs is 1. The molecule has 0 saturated carbocycles. The molecule has 7 heteroatoms. The molecule has 0 atom stereocenters. The van der Waals surface area contributed by atoms with Gasteiger partial charge in [-0.3, -0.25) is 4.40 Å². The van der Waals surface area contributed by atoms with E-state index in [4.69, 9.17) is 5.26 Å². The van der Waals surface area contributed by atoms with Gasteiger partial charge in [-0.25, -0.2) is 0 Å². The lowest BCUT2D eigenvalue weighted by molar-refractivity contribution is -0.137. The van der Waals surface area contributed by atoms with Gasteiger partial charge in [0, 0.05) is 5.56 Å². The molecule has 2 aromatic heterocycles. The average Bonchev–Trinajstić information content (AvgIpc) is 3.11. The van der Waals surface area contributed by atoms with E-state index >= 15 is 0 Å². The molecular weight excluding hydrogens is 353 g/mol. The third-order valence-electron chi connectivity index (χ3n) is 4.15. The summed E-state index contributed by atoms with van der Waals surface area (Å²) in [5.74, 6) is 0.370. The monoisotopic (exact) mass is 364 g/mol. The van der Waals surface area contributed by atoms with E-state index in [1.165, 1.54) is 0 Å². The third-order valence-corrected chi connectivity index (χ3v) is 4.15. The smallest absolute Gasteiger partial charge is 0.275 e. The van der Waals surface area contributed by atoms with Gasteiger partial charge in [0.2, 0.25) is 0 Å². The van der Waals surface area contributed by atoms with Crippen LogP contribution in [0.25, 0.3) is 28.3 Å². The van der Waals surface area contributed by atoms with Crippen molar-refractivity contribution in [1.82, 2.24) is 14.6 Å². The molecule has 2 heterocycles. The zero-order chi connectivity index (χ0) is 19.0. The van der Waals surface area contributed by atoms with Crippen LogP contribution in [0, 0.1) is 11.3 Å². The number of hydrogen-bond acceptors (Lipinski definition) is 3. The predicted octanol–water partition coefficient (Wildman–Crippen LogP) is 4.95. The van der Waals surface area contributed by atoms with Crippen LogP contribution in [0.4, 0.5) is 13.2 Å². The fraction of sp³-hybridized carbons (Fsp3) is 0.0500. The highest BCUT2D eigenvalue weighted by molar-refractivity contribution is 5.71. The van der Waals surface area contributed by atoms with Gasteiger partial charge in [-0.2, -0.15) is 18.4 Å². The Kier molecular flexibility index (Phi) is 3.89. The molecule has 0 aliphatic heterocycles. The Hall–Kier alpha value is -3.66. The number of halogens is 3. The summed E-state index contributed by atoms with van der Waals surface area (Å²) in [5, 5.41) is 17.1. The Bertz CT molecular complexity index is 1170. The highest BCUT2D eigenvalue weighted by atomic mass is 19.4. The van der Waals surface area contributed by atoms with E-state index in [2.05, 4.69) is 10.2 Å². The molecule has 0 spiro atoms. The van der Waals surface area contributed by atoms with Gasteiger partial charge in [-0.05, 0) is 29.8 Å². The molecule has 0 N–H and O–H groups in total. The Morgan fingerprint density at radius 1 is 0.852 bits per heavy atom. The Balaban J connectivity index is 2.05. The summed E-state index contributed by atoms with van der Waals surface area (Å²) in [6.07, 6.45) is -4.50. The van der Waals surface area contributed by atoms with Gasteiger partial charge in [0.25, 0.3) is 0 Å². The molecule has 0 radical (unpaired) electrons. The van der Waals surface area contributed by atoms with Crippen molar-refractivity contribution in [1.29, 1.82) is 5.26 Å². The maximum Gasteiger partial charge on any atom is 0.416 e. The molecule has 0 bridgehead atoms. The van der Waals surface area contributed by atoms with E-state index in [1.54, 1.807) is 59.0 Å². The number of nitrogens with zero attached hydrogens (tertiary/aromatic N) is 4. The van der Waals surface area contributed by atoms with Crippen LogP contribution in [-0.2, 0) is 6.18 Å². The van der Waals surface area contributed by atoms with E-state index in [-0.39, 0.29) is 5.65 Å². The largest absolute Gasteiger partial charge is 0.416 e. The highest BCUT2D eigenvalue weighted by Gasteiger charge is 2.32. The van der Waals surface area contributed by atoms with Crippen LogP contribution in [0.1, 0.15) is 11.1 Å². The molecule has 2 aromatic carbocycles. The summed E-state index contributed by atoms with van der Waals surface area (Å²) in [7, 11) is 0. The van der Waals surface area contributed by atoms with Crippen LogP contribution in [0.2, 0.25) is 0 Å². The molecule has 0 unspecified atom stereocenters. The topological polar surface area (TPSA) is 54.0 Å². The molecule has 0 aliphatic carbocycles. The SMILES string of the molecule is N#Cc1cccc(-c2nnc3cc(C(F)(F)F)cc(-c4ccccc4)n23)c1. The van der Waals surface area contributed by atoms with Gasteiger partial charge in [-0.15, -0.1) is 10.2 Å². The predicted molar refractivity (Wildman–Crippen MR) is 93.6 cm³/mol. The number of alkyl halides is 3. The van der Waals surface area contributed by atoms with Gasteiger partial charge in [0.15, 0.2) is 11.5 Å². The second kappa shape index (κ2) is 6.25. The number of hydrogen-bond donors (Lipinski definition) is 0. The van der Waals surface area contributed by atoms with E-state index in [0.29, 0.717) is 28.2 Å². The molecule has 0 saturated heterocycles. The standard InChI is InChI=1S/C20H11F3N4/c21-20(22,23)16-10-17(14-6-2-1-3-7-14)27-18(11-16)25-26-19(27)15-8-4-5-13(9-15)12-24/h1-11H. The second-order valence-electron chi connectivity index (χ2n) is 5.90. The van der Waals surface area contributed by atoms with Gasteiger partial charge >= 0.3 is 6.18 Å². The number of rotatable bonds is 2. The van der Waals surface area contributed by atoms with Crippen molar-refractivity contribution >= 4 is 5.65 Å². The van der Waals surface area contributed by atoms with Gasteiger partial charge in [0.05, 0.1) is 22.9 Å². The first-order valence-electron chi connectivity index (χ1n) is 8.00. The molecule has 132 valence electrons. The first kappa shape index (κ1) is 16.8. The quantitative estimate of drug-likeness (QED) is 0.505. The Morgan fingerprint density at radius 3 is 2.30 bits per heavy atom. The van der Waals surface area contributed by atoms with Gasteiger partial charge in [0.1, 0.15) is 0 Å². The van der Waals surface area contributed by atoms with E-state index in [9.17, 15) is 13.2 Å². The van der Waals surface area contributed by atoms with Crippen LogP contribution in [-0.4, -0.2) is 14.6 Å². The van der Waals surface area contributed by atoms with Crippen molar-refractivity contribution in [3.05, 3.63) is 77.9 Å². The van der Waals surface area contributed by atoms with Crippen LogP contribution >= 0.6 is 0 Å². The third kappa shape index (κ3) is 3.02. The van der Waals surface area contributed by atoms with Crippen molar-refractivity contribution < 1.29 is 13.2 Å². The van der Waals surface area contributed by atoms with Crippen LogP contribution in [0.15, 0.2) is 66.7 Å². The molecule has 4 nitrogen and oxygen atoms in total. The minimum atomic E-state index is -4.50. The van der Waals surface area contributed by atoms with E-state index < -0.39 is 11.7 Å². The number of benzene rings is 2. The average molecular weight is 364 g/mol. The number of aromatic nitrogens is 3. The fourth-order valence-corrected chi connectivity index (χ4v) is 2.92. The highest BCUT2D eigenvalue weighted by Crippen LogP contribution is 2.35. The van der Waals surface area contributed by atoms with Gasteiger partial charge in [-0.1, -0.05) is 42.5 Å². The molecule has 4 aromatic rings. The summed E-state index contributed by atoms with van der Waals surface area (Å²) < 4.78 is 41.6. The fourth-order valence-electron chi connectivity index (χ4n) is 2.92. The lowest BCUT2D eigenvalue weighted by Gasteiger charge is -2.13. The van der Waals surface area contributed by atoms with Gasteiger partial charge < -0.3 is 0 Å². The minimum absolute atomic E-state index is 0.0843. The maximum absolute atomic E-state index is 13.3. The second-order valence-corrected chi connectivity index (χ2v) is 5.90. The zero-order valence-corrected chi connectivity index (χ0v) is 13.8. The molecule has 0 fully saturated rings. The summed E-state index contributed by atoms with van der Waals surface area (Å²) in [6.45, 7) is 0. The summed E-state index contributed by atoms with van der Waals surface area (Å²) in [5.41, 5.74) is 1.24. The van der Waals surface area contributed by atoms with Crippen LogP contribution in [0.3, 0.4) is 0 Å². The summed E-state index contributed by atoms with van der Waals surface area (Å²) in [4.78, 5) is 0. The summed E-state index contributed by atoms with van der Waals surface area (Å²) >= 11 is 0. The first-order valence-corrected chi connectivity index (χ1v) is 8.00. The number of pyridine rings is 1. The normalized spacial score (nSPS) is 11.5. The molecule has 27 heavy (non-hydrogen) atoms. The maximum atomic E-state index is 13.3. The lowest BCUT2D eigenvalue weighted by Crippen LogP contribution is -2.07. The zero-order valence-electron chi connectivity index (χ0n) is 13.8. The minimum Gasteiger partial charge on any atom is -0.275 e. The molecule has 0 aliphatic rings. The Morgan fingerprint density at radius 2 is 1.59 bits per heavy atom. The van der Waals surface area contributed by atoms with Crippen molar-refractivity contribution in [3.8, 4) is 28.7 Å². The van der Waals surface area contributed by atoms with Crippen molar-refractivity contribution in [2.24, 2.45) is 0 Å². The first-order chi connectivity index (χ1) is 13.0. The molecule has 0 amide bonds. The molecule has 4 rings (SSSR count). The van der Waals surface area contributed by atoms with E-state index in [1.807, 2.05) is 6.07 Å². The Labute approximate surface area is 152 Å². The summed E-state index contributed by atoms with van der Waals surface area (Å²) in [6, 6.07) is 19.6. The molecular formula is C20H11F3N4. The van der Waals surface area contributed by atoms with Crippen molar-refractivity contribution in [3.63, 3.8) is 0 Å². The number of nitriles is 1. The van der Waals surface area contributed by atoms with Crippen LogP contribution < -0.4 is 0 Å². The van der Waals surface area contributed by atoms with E-state index in [0.717, 1.165) is 12.1 Å². The van der Waals surface area contributed by atoms with Crippen molar-refractivity contribution in [2.75, 3.05) is 0 Å². The lowest BCUT2D eigenvalue weighted by atomic mass is 10.1. The van der Waals surface area contributed by atoms with Crippen molar-refractivity contribution in [2.45, 2.75) is 6.18 Å².